The highest BCUT2D eigenvalue weighted by molar-refractivity contribution is 5.93. The molecule has 0 saturated carbocycles. The zero-order chi connectivity index (χ0) is 15.2. The van der Waals surface area contributed by atoms with Crippen LogP contribution in [0.2, 0.25) is 0 Å². The quantitative estimate of drug-likeness (QED) is 0.753. The summed E-state index contributed by atoms with van der Waals surface area (Å²) in [5.41, 5.74) is 1.88. The van der Waals surface area contributed by atoms with E-state index in [1.54, 1.807) is 18.5 Å². The molecule has 2 aromatic heterocycles. The lowest BCUT2D eigenvalue weighted by molar-refractivity contribution is 0.0886. The van der Waals surface area contributed by atoms with Crippen molar-refractivity contribution in [1.82, 2.24) is 20.5 Å². The molecule has 0 aromatic carbocycles. The summed E-state index contributed by atoms with van der Waals surface area (Å²) >= 11 is 0. The minimum absolute atomic E-state index is 0.0790. The van der Waals surface area contributed by atoms with Gasteiger partial charge in [-0.15, -0.1) is 0 Å². The molecule has 0 unspecified atom stereocenters. The number of aliphatic hydroxyl groups excluding tert-OH is 1. The van der Waals surface area contributed by atoms with Crippen molar-refractivity contribution in [2.45, 2.75) is 26.3 Å². The lowest BCUT2D eigenvalue weighted by atomic mass is 10.00. The normalized spacial score (nSPS) is 13.7. The third-order valence-corrected chi connectivity index (χ3v) is 3.62. The number of pyridine rings is 1. The summed E-state index contributed by atoms with van der Waals surface area (Å²) in [6.07, 6.45) is 4.25. The summed E-state index contributed by atoms with van der Waals surface area (Å²) in [4.78, 5) is 16.2. The van der Waals surface area contributed by atoms with Crippen molar-refractivity contribution in [1.29, 1.82) is 0 Å². The number of amides is 1. The Labute approximate surface area is 123 Å². The Kier molecular flexibility index (Phi) is 5.05. The van der Waals surface area contributed by atoms with Gasteiger partial charge < -0.3 is 10.4 Å². The Morgan fingerprint density at radius 1 is 1.52 bits per heavy atom. The summed E-state index contributed by atoms with van der Waals surface area (Å²) in [5, 5.41) is 19.0. The van der Waals surface area contributed by atoms with Crippen LogP contribution in [0.15, 0.2) is 30.6 Å². The summed E-state index contributed by atoms with van der Waals surface area (Å²) in [6, 6.07) is 5.11. The molecule has 0 fully saturated rings. The molecule has 2 rings (SSSR count). The van der Waals surface area contributed by atoms with Crippen molar-refractivity contribution in [3.05, 3.63) is 36.3 Å². The number of aromatic nitrogens is 3. The molecular formula is C15H20N4O2. The maximum absolute atomic E-state index is 12.2. The van der Waals surface area contributed by atoms with Gasteiger partial charge in [-0.1, -0.05) is 20.3 Å². The van der Waals surface area contributed by atoms with Crippen LogP contribution in [0.4, 0.5) is 0 Å². The zero-order valence-corrected chi connectivity index (χ0v) is 12.2. The number of rotatable bonds is 6. The molecule has 0 saturated heterocycles. The van der Waals surface area contributed by atoms with Gasteiger partial charge in [0.2, 0.25) is 0 Å². The van der Waals surface area contributed by atoms with Gasteiger partial charge in [0, 0.05) is 18.0 Å². The number of H-pyrrole nitrogens is 1. The lowest BCUT2D eigenvalue weighted by Crippen LogP contribution is -2.42. The van der Waals surface area contributed by atoms with Crippen molar-refractivity contribution < 1.29 is 9.90 Å². The molecule has 3 N–H and O–H groups in total. The van der Waals surface area contributed by atoms with Gasteiger partial charge in [-0.2, -0.15) is 5.10 Å². The molecule has 2 heterocycles. The predicted octanol–water partition coefficient (Wildman–Crippen LogP) is 1.61. The smallest absolute Gasteiger partial charge is 0.269 e. The van der Waals surface area contributed by atoms with Gasteiger partial charge in [0.05, 0.1) is 18.3 Å². The molecule has 2 atom stereocenters. The highest BCUT2D eigenvalue weighted by Gasteiger charge is 2.19. The maximum Gasteiger partial charge on any atom is 0.269 e. The molecule has 21 heavy (non-hydrogen) atoms. The van der Waals surface area contributed by atoms with Crippen LogP contribution in [-0.4, -0.2) is 38.8 Å². The molecule has 0 radical (unpaired) electrons. The van der Waals surface area contributed by atoms with Gasteiger partial charge in [-0.25, -0.2) is 0 Å². The van der Waals surface area contributed by atoms with E-state index in [0.717, 1.165) is 12.0 Å². The molecule has 2 aromatic rings. The minimum Gasteiger partial charge on any atom is -0.394 e. The van der Waals surface area contributed by atoms with E-state index in [-0.39, 0.29) is 24.5 Å². The van der Waals surface area contributed by atoms with Gasteiger partial charge in [0.1, 0.15) is 5.69 Å². The molecule has 1 amide bonds. The SMILES string of the molecule is CC[C@@H](C)[C@@H](CO)NC(=O)c1cc(-c2cccnc2)n[nH]1. The fourth-order valence-electron chi connectivity index (χ4n) is 2.00. The Bertz CT molecular complexity index is 582. The van der Waals surface area contributed by atoms with E-state index in [2.05, 4.69) is 20.5 Å². The monoisotopic (exact) mass is 288 g/mol. The summed E-state index contributed by atoms with van der Waals surface area (Å²) in [7, 11) is 0. The van der Waals surface area contributed by atoms with Crippen LogP contribution in [0.1, 0.15) is 30.8 Å². The van der Waals surface area contributed by atoms with E-state index in [0.29, 0.717) is 11.4 Å². The third-order valence-electron chi connectivity index (χ3n) is 3.62. The first kappa shape index (κ1) is 15.2. The van der Waals surface area contributed by atoms with Gasteiger partial charge in [0.15, 0.2) is 0 Å². The highest BCUT2D eigenvalue weighted by Crippen LogP contribution is 2.16. The molecule has 6 nitrogen and oxygen atoms in total. The predicted molar refractivity (Wildman–Crippen MR) is 79.6 cm³/mol. The van der Waals surface area contributed by atoms with Crippen molar-refractivity contribution in [3.8, 4) is 11.3 Å². The van der Waals surface area contributed by atoms with Crippen molar-refractivity contribution in [3.63, 3.8) is 0 Å². The number of nitrogens with one attached hydrogen (secondary N) is 2. The standard InChI is InChI=1S/C15H20N4O2/c1-3-10(2)14(9-20)17-15(21)13-7-12(18-19-13)11-5-4-6-16-8-11/h4-8,10,14,20H,3,9H2,1-2H3,(H,17,21)(H,18,19)/t10-,14-/m1/s1. The number of carbonyl (C=O) groups is 1. The topological polar surface area (TPSA) is 90.9 Å². The first-order valence-corrected chi connectivity index (χ1v) is 7.03. The van der Waals surface area contributed by atoms with E-state index in [4.69, 9.17) is 0 Å². The molecule has 0 spiro atoms. The van der Waals surface area contributed by atoms with Crippen LogP contribution in [-0.2, 0) is 0 Å². The molecule has 6 heteroatoms. The van der Waals surface area contributed by atoms with E-state index in [1.807, 2.05) is 26.0 Å². The number of hydrogen-bond donors (Lipinski definition) is 3. The zero-order valence-electron chi connectivity index (χ0n) is 12.2. The molecule has 0 aliphatic carbocycles. The number of hydrogen-bond acceptors (Lipinski definition) is 4. The molecule has 112 valence electrons. The Morgan fingerprint density at radius 2 is 2.33 bits per heavy atom. The fourth-order valence-corrected chi connectivity index (χ4v) is 2.00. The first-order chi connectivity index (χ1) is 10.2. The Morgan fingerprint density at radius 3 is 2.95 bits per heavy atom. The largest absolute Gasteiger partial charge is 0.394 e. The summed E-state index contributed by atoms with van der Waals surface area (Å²) < 4.78 is 0. The van der Waals surface area contributed by atoms with E-state index < -0.39 is 0 Å². The summed E-state index contributed by atoms with van der Waals surface area (Å²) in [6.45, 7) is 3.94. The van der Waals surface area contributed by atoms with Gasteiger partial charge in [-0.05, 0) is 24.1 Å². The van der Waals surface area contributed by atoms with Gasteiger partial charge in [-0.3, -0.25) is 14.9 Å². The second-order valence-electron chi connectivity index (χ2n) is 5.06. The Balaban J connectivity index is 2.09. The number of carbonyl (C=O) groups excluding carboxylic acids is 1. The van der Waals surface area contributed by atoms with Crippen LogP contribution in [0.5, 0.6) is 0 Å². The maximum atomic E-state index is 12.2. The minimum atomic E-state index is -0.267. The van der Waals surface area contributed by atoms with Gasteiger partial charge in [0.25, 0.3) is 5.91 Å². The lowest BCUT2D eigenvalue weighted by Gasteiger charge is -2.21. The number of nitrogens with zero attached hydrogens (tertiary/aromatic N) is 2. The second kappa shape index (κ2) is 6.99. The van der Waals surface area contributed by atoms with E-state index in [9.17, 15) is 9.90 Å². The van der Waals surface area contributed by atoms with Crippen LogP contribution >= 0.6 is 0 Å². The highest BCUT2D eigenvalue weighted by atomic mass is 16.3. The third kappa shape index (κ3) is 3.66. The first-order valence-electron chi connectivity index (χ1n) is 7.03. The van der Waals surface area contributed by atoms with Crippen LogP contribution in [0, 0.1) is 5.92 Å². The van der Waals surface area contributed by atoms with Crippen LogP contribution in [0.25, 0.3) is 11.3 Å². The number of aromatic amines is 1. The van der Waals surface area contributed by atoms with Crippen molar-refractivity contribution in [2.75, 3.05) is 6.61 Å². The molecule has 0 aliphatic heterocycles. The van der Waals surface area contributed by atoms with Crippen molar-refractivity contribution in [2.24, 2.45) is 5.92 Å². The Hall–Kier alpha value is -2.21. The van der Waals surface area contributed by atoms with Crippen molar-refractivity contribution >= 4 is 5.91 Å². The van der Waals surface area contributed by atoms with E-state index in [1.165, 1.54) is 0 Å². The molecular weight excluding hydrogens is 268 g/mol. The molecule has 0 aliphatic rings. The fraction of sp³-hybridized carbons (Fsp3) is 0.400. The van der Waals surface area contributed by atoms with E-state index >= 15 is 0 Å². The van der Waals surface area contributed by atoms with Crippen LogP contribution in [0.3, 0.4) is 0 Å². The van der Waals surface area contributed by atoms with Gasteiger partial charge >= 0.3 is 0 Å². The average molecular weight is 288 g/mol. The molecule has 0 bridgehead atoms. The van der Waals surface area contributed by atoms with Crippen LogP contribution < -0.4 is 5.32 Å². The summed E-state index contributed by atoms with van der Waals surface area (Å²) in [5.74, 6) is -0.0587. The number of aliphatic hydroxyl groups is 1. The average Bonchev–Trinajstić information content (AvgIpc) is 3.02. The second-order valence-corrected chi connectivity index (χ2v) is 5.06.